The van der Waals surface area contributed by atoms with E-state index >= 15 is 0 Å². The van der Waals surface area contributed by atoms with Gasteiger partial charge in [0.2, 0.25) is 0 Å². The maximum Gasteiger partial charge on any atom is 0.335 e. The zero-order valence-electron chi connectivity index (χ0n) is 13.3. The number of carboxylic acids is 1. The Morgan fingerprint density at radius 1 is 1.12 bits per heavy atom. The maximum atomic E-state index is 12.6. The molecule has 0 bridgehead atoms. The van der Waals surface area contributed by atoms with Crippen LogP contribution in [0.5, 0.6) is 0 Å². The topological polar surface area (TPSA) is 75.1 Å². The van der Waals surface area contributed by atoms with Crippen molar-refractivity contribution in [2.75, 3.05) is 0 Å². The quantitative estimate of drug-likeness (QED) is 0.764. The summed E-state index contributed by atoms with van der Waals surface area (Å²) in [6.07, 6.45) is 5.36. The highest BCUT2D eigenvalue weighted by atomic mass is 16.4. The van der Waals surface area contributed by atoms with E-state index in [4.69, 9.17) is 5.11 Å². The second-order valence-corrected chi connectivity index (χ2v) is 5.44. The van der Waals surface area contributed by atoms with Crippen LogP contribution < -0.4 is 16.1 Å². The van der Waals surface area contributed by atoms with Crippen molar-refractivity contribution >= 4 is 24.7 Å². The molecule has 124 valence electrons. The Bertz CT molecular complexity index is 1110. The first-order valence-electron chi connectivity index (χ1n) is 7.63. The number of aromatic carboxylic acids is 1. The summed E-state index contributed by atoms with van der Waals surface area (Å²) in [5, 5.41) is 12.8. The molecule has 2 N–H and O–H groups in total. The summed E-state index contributed by atoms with van der Waals surface area (Å²) in [5.41, 5.74) is 1.29. The van der Waals surface area contributed by atoms with Crippen LogP contribution >= 0.6 is 0 Å². The van der Waals surface area contributed by atoms with Crippen molar-refractivity contribution < 1.29 is 9.90 Å². The summed E-state index contributed by atoms with van der Waals surface area (Å²) in [4.78, 5) is 23.7. The first-order chi connectivity index (χ1) is 12.1. The zero-order chi connectivity index (χ0) is 17.8. The fourth-order valence-electron chi connectivity index (χ4n) is 2.45. The van der Waals surface area contributed by atoms with Gasteiger partial charge < -0.3 is 5.11 Å². The van der Waals surface area contributed by atoms with Crippen molar-refractivity contribution in [2.24, 2.45) is 0 Å². The number of H-pyrrole nitrogens is 1. The molecule has 0 aliphatic rings. The second-order valence-electron chi connectivity index (χ2n) is 5.44. The van der Waals surface area contributed by atoms with Gasteiger partial charge in [-0.3, -0.25) is 9.89 Å². The van der Waals surface area contributed by atoms with Crippen LogP contribution in [0.1, 0.15) is 15.9 Å². The summed E-state index contributed by atoms with van der Waals surface area (Å²) in [7, 11) is 0. The molecular formula is C20H16N2O3. The average molecular weight is 332 g/mol. The van der Waals surface area contributed by atoms with E-state index in [1.165, 1.54) is 16.8 Å². The van der Waals surface area contributed by atoms with Gasteiger partial charge in [-0.05, 0) is 29.8 Å². The van der Waals surface area contributed by atoms with Crippen LogP contribution in [0.25, 0.3) is 24.4 Å². The van der Waals surface area contributed by atoms with Crippen LogP contribution in [0.3, 0.4) is 0 Å². The van der Waals surface area contributed by atoms with Crippen LogP contribution in [0.15, 0.2) is 65.5 Å². The molecule has 0 aliphatic heterocycles. The minimum Gasteiger partial charge on any atom is -0.478 e. The molecule has 5 nitrogen and oxygen atoms in total. The summed E-state index contributed by atoms with van der Waals surface area (Å²) < 4.78 is 1.29. The van der Waals surface area contributed by atoms with E-state index in [-0.39, 0.29) is 11.1 Å². The molecule has 0 fully saturated rings. The number of hydrogen-bond acceptors (Lipinski definition) is 2. The predicted molar refractivity (Wildman–Crippen MR) is 98.1 cm³/mol. The normalized spacial score (nSPS) is 11.9. The third kappa shape index (κ3) is 3.50. The number of allylic oxidation sites excluding steroid dienone is 1. The van der Waals surface area contributed by atoms with Crippen LogP contribution in [0.2, 0.25) is 0 Å². The van der Waals surface area contributed by atoms with Gasteiger partial charge in [-0.1, -0.05) is 55.1 Å². The van der Waals surface area contributed by atoms with Crippen molar-refractivity contribution in [2.45, 2.75) is 0 Å². The Kier molecular flexibility index (Phi) is 4.48. The number of rotatable bonds is 4. The highest BCUT2D eigenvalue weighted by molar-refractivity contribution is 5.88. The number of nitrogens with zero attached hydrogens (tertiary/aromatic N) is 1. The van der Waals surface area contributed by atoms with Gasteiger partial charge in [0.1, 0.15) is 0 Å². The molecule has 0 aliphatic carbocycles. The van der Waals surface area contributed by atoms with Crippen LogP contribution in [0.4, 0.5) is 0 Å². The van der Waals surface area contributed by atoms with Crippen molar-refractivity contribution in [3.63, 3.8) is 0 Å². The van der Waals surface area contributed by atoms with Crippen LogP contribution in [-0.2, 0) is 0 Å². The van der Waals surface area contributed by atoms with Crippen molar-refractivity contribution in [3.8, 4) is 5.69 Å². The summed E-state index contributed by atoms with van der Waals surface area (Å²) in [6.45, 7) is 3.85. The molecule has 2 aromatic carbocycles. The smallest absolute Gasteiger partial charge is 0.335 e. The minimum atomic E-state index is -1.05. The van der Waals surface area contributed by atoms with Gasteiger partial charge in [-0.2, -0.15) is 0 Å². The number of aromatic nitrogens is 2. The van der Waals surface area contributed by atoms with Gasteiger partial charge in [0.05, 0.1) is 21.8 Å². The molecule has 0 unspecified atom stereocenters. The predicted octanol–water partition coefficient (Wildman–Crippen LogP) is 1.77. The van der Waals surface area contributed by atoms with Gasteiger partial charge in [-0.25, -0.2) is 9.48 Å². The molecule has 0 amide bonds. The van der Waals surface area contributed by atoms with E-state index in [0.29, 0.717) is 16.3 Å². The molecule has 1 heterocycles. The molecule has 0 saturated heterocycles. The maximum absolute atomic E-state index is 12.6. The van der Waals surface area contributed by atoms with E-state index in [9.17, 15) is 9.59 Å². The Morgan fingerprint density at radius 2 is 1.88 bits per heavy atom. The fourth-order valence-corrected chi connectivity index (χ4v) is 2.45. The second kappa shape index (κ2) is 6.88. The van der Waals surface area contributed by atoms with Crippen LogP contribution in [0, 0.1) is 0 Å². The highest BCUT2D eigenvalue weighted by Crippen LogP contribution is 2.07. The lowest BCUT2D eigenvalue weighted by molar-refractivity contribution is 0.0697. The molecule has 3 rings (SSSR count). The molecule has 0 spiro atoms. The number of benzene rings is 2. The summed E-state index contributed by atoms with van der Waals surface area (Å²) in [6, 6.07) is 15.9. The molecule has 3 aromatic rings. The number of carboxylic acid groups (broad SMARTS) is 1. The molecule has 0 atom stereocenters. The average Bonchev–Trinajstić information content (AvgIpc) is 2.91. The highest BCUT2D eigenvalue weighted by Gasteiger charge is 2.07. The van der Waals surface area contributed by atoms with E-state index in [0.717, 1.165) is 5.56 Å². The van der Waals surface area contributed by atoms with Gasteiger partial charge in [0.25, 0.3) is 5.56 Å². The third-order valence-electron chi connectivity index (χ3n) is 3.71. The Hall–Kier alpha value is -3.60. The van der Waals surface area contributed by atoms with Gasteiger partial charge in [-0.15, -0.1) is 0 Å². The van der Waals surface area contributed by atoms with Crippen molar-refractivity contribution in [1.82, 2.24) is 9.78 Å². The number of carbonyl (C=O) groups is 1. The first kappa shape index (κ1) is 16.3. The van der Waals surface area contributed by atoms with Crippen molar-refractivity contribution in [3.05, 3.63) is 92.7 Å². The minimum absolute atomic E-state index is 0.110. The zero-order valence-corrected chi connectivity index (χ0v) is 13.3. The van der Waals surface area contributed by atoms with Gasteiger partial charge >= 0.3 is 5.97 Å². The van der Waals surface area contributed by atoms with E-state index < -0.39 is 5.97 Å². The van der Waals surface area contributed by atoms with E-state index in [1.54, 1.807) is 24.3 Å². The largest absolute Gasteiger partial charge is 0.478 e. The molecule has 25 heavy (non-hydrogen) atoms. The summed E-state index contributed by atoms with van der Waals surface area (Å²) >= 11 is 0. The summed E-state index contributed by atoms with van der Waals surface area (Å²) in [5.74, 6) is -1.05. The molecular weight excluding hydrogens is 316 g/mol. The van der Waals surface area contributed by atoms with Crippen LogP contribution in [-0.4, -0.2) is 20.9 Å². The lowest BCUT2D eigenvalue weighted by Crippen LogP contribution is -2.33. The number of hydrogen-bond donors (Lipinski definition) is 2. The van der Waals surface area contributed by atoms with E-state index in [2.05, 4.69) is 11.7 Å². The van der Waals surface area contributed by atoms with E-state index in [1.807, 2.05) is 36.4 Å². The molecule has 1 aromatic heterocycles. The monoisotopic (exact) mass is 332 g/mol. The molecule has 5 heteroatoms. The van der Waals surface area contributed by atoms with Gasteiger partial charge in [0.15, 0.2) is 0 Å². The lowest BCUT2D eigenvalue weighted by Gasteiger charge is -2.02. The Morgan fingerprint density at radius 3 is 2.60 bits per heavy atom. The molecule has 0 radical (unpaired) electrons. The fraction of sp³-hybridized carbons (Fsp3) is 0. The standard InChI is InChI=1S/C20H16N2O3/c1-14-18(12-5-9-15-7-3-2-4-8-15)19(23)22(21-14)17-11-6-10-16(13-17)20(24)25/h2-13,21H,1H2,(H,24,25)/b9-5+,18-12?. The first-order valence-corrected chi connectivity index (χ1v) is 7.63. The Balaban J connectivity index is 2.02. The van der Waals surface area contributed by atoms with Gasteiger partial charge in [0, 0.05) is 0 Å². The SMILES string of the molecule is C=c1[nH]n(-c2cccc(C(=O)O)c2)c(=O)c1=C/C=C/c1ccccc1. The third-order valence-corrected chi connectivity index (χ3v) is 3.71. The number of aromatic amines is 1. The lowest BCUT2D eigenvalue weighted by atomic mass is 10.2. The Labute approximate surface area is 143 Å². The van der Waals surface area contributed by atoms with Crippen molar-refractivity contribution in [1.29, 1.82) is 0 Å². The number of nitrogens with one attached hydrogen (secondary N) is 1. The molecule has 0 saturated carbocycles.